The molecule has 2 aromatic rings. The molecule has 0 amide bonds. The van der Waals surface area contributed by atoms with Crippen LogP contribution in [0, 0.1) is 0 Å². The van der Waals surface area contributed by atoms with Gasteiger partial charge in [0.05, 0.1) is 5.60 Å². The van der Waals surface area contributed by atoms with Crippen LogP contribution >= 0.6 is 0 Å². The number of carboxylic acid groups (broad SMARTS) is 2. The Balaban J connectivity index is 2.46. The van der Waals surface area contributed by atoms with E-state index in [-0.39, 0.29) is 6.42 Å². The molecule has 0 fully saturated rings. The Morgan fingerprint density at radius 2 is 1.52 bits per heavy atom. The molecule has 2 aromatic carbocycles. The molecule has 122 valence electrons. The van der Waals surface area contributed by atoms with Crippen molar-refractivity contribution in [2.75, 3.05) is 0 Å². The van der Waals surface area contributed by atoms with Gasteiger partial charge in [0.15, 0.2) is 0 Å². The highest BCUT2D eigenvalue weighted by Crippen LogP contribution is 2.27. The van der Waals surface area contributed by atoms with Crippen molar-refractivity contribution in [1.82, 2.24) is 0 Å². The van der Waals surface area contributed by atoms with Gasteiger partial charge in [-0.25, -0.2) is 9.59 Å². The fraction of sp³-hybridized carbons (Fsp3) is 0.333. The molecule has 5 heteroatoms. The average Bonchev–Trinajstić information content (AvgIpc) is 2.44. The molecule has 5 nitrogen and oxygen atoms in total. The van der Waals surface area contributed by atoms with Crippen molar-refractivity contribution in [3.8, 4) is 0 Å². The van der Waals surface area contributed by atoms with Gasteiger partial charge in [-0.3, -0.25) is 0 Å². The van der Waals surface area contributed by atoms with Crippen molar-refractivity contribution in [2.24, 2.45) is 0 Å². The van der Waals surface area contributed by atoms with Gasteiger partial charge in [0.1, 0.15) is 0 Å². The topological polar surface area (TPSA) is 83.8 Å². The van der Waals surface area contributed by atoms with E-state index >= 15 is 0 Å². The first-order valence-electron chi connectivity index (χ1n) is 7.29. The number of hydrogen-bond donors (Lipinski definition) is 2. The van der Waals surface area contributed by atoms with Crippen LogP contribution in [0.3, 0.4) is 0 Å². The van der Waals surface area contributed by atoms with Crippen molar-refractivity contribution in [3.05, 3.63) is 48.0 Å². The summed E-state index contributed by atoms with van der Waals surface area (Å²) in [4.78, 5) is 23.4. The second-order valence-electron chi connectivity index (χ2n) is 6.51. The Hall–Kier alpha value is -2.40. The minimum atomic E-state index is -2.32. The predicted octanol–water partition coefficient (Wildman–Crippen LogP) is 3.11. The number of hydrogen-bond acceptors (Lipinski definition) is 3. The summed E-state index contributed by atoms with van der Waals surface area (Å²) in [5, 5.41) is 21.0. The molecule has 23 heavy (non-hydrogen) atoms. The number of carboxylic acids is 2. The van der Waals surface area contributed by atoms with Gasteiger partial charge in [0, 0.05) is 6.42 Å². The van der Waals surface area contributed by atoms with Crippen LogP contribution in [0.4, 0.5) is 0 Å². The number of aliphatic carboxylic acids is 2. The third-order valence-electron chi connectivity index (χ3n) is 3.44. The van der Waals surface area contributed by atoms with Gasteiger partial charge >= 0.3 is 11.9 Å². The molecule has 0 heterocycles. The van der Waals surface area contributed by atoms with Crippen molar-refractivity contribution in [3.63, 3.8) is 0 Å². The second-order valence-corrected chi connectivity index (χ2v) is 6.51. The van der Waals surface area contributed by atoms with Gasteiger partial charge in [0.25, 0.3) is 5.60 Å². The first-order chi connectivity index (χ1) is 10.6. The van der Waals surface area contributed by atoms with E-state index < -0.39 is 23.1 Å². The number of fused-ring (bicyclic) bond motifs is 1. The smallest absolute Gasteiger partial charge is 0.348 e. The lowest BCUT2D eigenvalue weighted by Gasteiger charge is -2.33. The lowest BCUT2D eigenvalue weighted by molar-refractivity contribution is -0.199. The van der Waals surface area contributed by atoms with Gasteiger partial charge in [-0.05, 0) is 37.1 Å². The monoisotopic (exact) mass is 316 g/mol. The van der Waals surface area contributed by atoms with Crippen molar-refractivity contribution in [2.45, 2.75) is 38.4 Å². The zero-order valence-corrected chi connectivity index (χ0v) is 13.4. The molecule has 0 radical (unpaired) electrons. The molecule has 0 saturated heterocycles. The molecule has 0 spiro atoms. The van der Waals surface area contributed by atoms with Crippen molar-refractivity contribution in [1.29, 1.82) is 0 Å². The molecular weight excluding hydrogens is 296 g/mol. The quantitative estimate of drug-likeness (QED) is 0.828. The lowest BCUT2D eigenvalue weighted by Crippen LogP contribution is -2.54. The summed E-state index contributed by atoms with van der Waals surface area (Å²) in [6, 6.07) is 13.0. The molecule has 2 rings (SSSR count). The molecule has 0 aliphatic rings. The molecule has 2 N–H and O–H groups in total. The minimum Gasteiger partial charge on any atom is -0.479 e. The summed E-state index contributed by atoms with van der Waals surface area (Å²) >= 11 is 0. The number of rotatable bonds is 5. The standard InChI is InChI=1S/C18H20O5/c1-17(2,3)23-18(15(19)20,16(21)22)11-12-8-9-13-6-4-5-7-14(13)10-12/h4-10H,11H2,1-3H3,(H,19,20)(H,21,22). The summed E-state index contributed by atoms with van der Waals surface area (Å²) in [6.07, 6.45) is -0.250. The number of benzene rings is 2. The number of ether oxygens (including phenoxy) is 1. The van der Waals surface area contributed by atoms with Gasteiger partial charge < -0.3 is 14.9 Å². The van der Waals surface area contributed by atoms with Gasteiger partial charge in [0.2, 0.25) is 0 Å². The summed E-state index contributed by atoms with van der Waals surface area (Å²) in [5.41, 5.74) is -2.63. The molecule has 0 aliphatic heterocycles. The lowest BCUT2D eigenvalue weighted by atomic mass is 9.92. The highest BCUT2D eigenvalue weighted by molar-refractivity contribution is 6.02. The third kappa shape index (κ3) is 3.68. The molecule has 0 saturated carbocycles. The SMILES string of the molecule is CC(C)(C)OC(Cc1ccc2ccccc2c1)(C(=O)O)C(=O)O. The van der Waals surface area contributed by atoms with Crippen molar-refractivity contribution < 1.29 is 24.5 Å². The summed E-state index contributed by atoms with van der Waals surface area (Å²) < 4.78 is 5.47. The highest BCUT2D eigenvalue weighted by atomic mass is 16.6. The van der Waals surface area contributed by atoms with E-state index in [1.807, 2.05) is 30.3 Å². The van der Waals surface area contributed by atoms with E-state index in [9.17, 15) is 19.8 Å². The maximum Gasteiger partial charge on any atom is 0.348 e. The van der Waals surface area contributed by atoms with Crippen LogP contribution in [0.25, 0.3) is 10.8 Å². The van der Waals surface area contributed by atoms with Gasteiger partial charge in [-0.15, -0.1) is 0 Å². The summed E-state index contributed by atoms with van der Waals surface area (Å²) in [5.74, 6) is -3.01. The second kappa shape index (κ2) is 6.01. The predicted molar refractivity (Wildman–Crippen MR) is 86.5 cm³/mol. The van der Waals surface area contributed by atoms with Crippen LogP contribution in [-0.4, -0.2) is 33.4 Å². The molecule has 0 bridgehead atoms. The molecule has 0 unspecified atom stereocenters. The first kappa shape index (κ1) is 17.0. The van der Waals surface area contributed by atoms with E-state index in [1.165, 1.54) is 0 Å². The largest absolute Gasteiger partial charge is 0.479 e. The van der Waals surface area contributed by atoms with Gasteiger partial charge in [-0.1, -0.05) is 42.5 Å². The van der Waals surface area contributed by atoms with E-state index in [0.29, 0.717) is 5.56 Å². The van der Waals surface area contributed by atoms with Crippen LogP contribution in [-0.2, 0) is 20.7 Å². The average molecular weight is 316 g/mol. The summed E-state index contributed by atoms with van der Waals surface area (Å²) in [6.45, 7) is 4.90. The van der Waals surface area contributed by atoms with Crippen molar-refractivity contribution >= 4 is 22.7 Å². The maximum absolute atomic E-state index is 11.7. The normalized spacial score (nSPS) is 12.3. The highest BCUT2D eigenvalue weighted by Gasteiger charge is 2.50. The Kier molecular flexibility index (Phi) is 4.43. The van der Waals surface area contributed by atoms with E-state index in [2.05, 4.69) is 0 Å². The van der Waals surface area contributed by atoms with Crippen LogP contribution in [0.1, 0.15) is 26.3 Å². The molecule has 0 aromatic heterocycles. The maximum atomic E-state index is 11.7. The van der Waals surface area contributed by atoms with Crippen LogP contribution in [0.2, 0.25) is 0 Å². The Morgan fingerprint density at radius 3 is 2.04 bits per heavy atom. The van der Waals surface area contributed by atoms with Gasteiger partial charge in [-0.2, -0.15) is 0 Å². The minimum absolute atomic E-state index is 0.250. The zero-order chi connectivity index (χ0) is 17.3. The van der Waals surface area contributed by atoms with E-state index in [1.54, 1.807) is 32.9 Å². The zero-order valence-electron chi connectivity index (χ0n) is 13.4. The van der Waals surface area contributed by atoms with E-state index in [4.69, 9.17) is 4.74 Å². The van der Waals surface area contributed by atoms with Crippen LogP contribution in [0.5, 0.6) is 0 Å². The van der Waals surface area contributed by atoms with E-state index in [0.717, 1.165) is 10.8 Å². The number of carbonyl (C=O) groups is 2. The first-order valence-corrected chi connectivity index (χ1v) is 7.29. The Bertz CT molecular complexity index is 728. The molecule has 0 atom stereocenters. The fourth-order valence-corrected chi connectivity index (χ4v) is 2.52. The third-order valence-corrected chi connectivity index (χ3v) is 3.44. The Morgan fingerprint density at radius 1 is 0.957 bits per heavy atom. The molecule has 0 aliphatic carbocycles. The Labute approximate surface area is 134 Å². The van der Waals surface area contributed by atoms with Crippen LogP contribution in [0.15, 0.2) is 42.5 Å². The molecular formula is C18H20O5. The van der Waals surface area contributed by atoms with Crippen LogP contribution < -0.4 is 0 Å². The fourth-order valence-electron chi connectivity index (χ4n) is 2.52. The summed E-state index contributed by atoms with van der Waals surface area (Å²) in [7, 11) is 0.